The molecule has 23 heavy (non-hydrogen) atoms. The van der Waals surface area contributed by atoms with Gasteiger partial charge >= 0.3 is 0 Å². The maximum absolute atomic E-state index is 12.4. The van der Waals surface area contributed by atoms with Gasteiger partial charge in [0.15, 0.2) is 0 Å². The van der Waals surface area contributed by atoms with E-state index in [1.165, 1.54) is 18.4 Å². The highest BCUT2D eigenvalue weighted by Crippen LogP contribution is 2.29. The summed E-state index contributed by atoms with van der Waals surface area (Å²) in [5, 5.41) is 3.63. The Bertz CT molecular complexity index is 560. The lowest BCUT2D eigenvalue weighted by molar-refractivity contribution is -0.133. The summed E-state index contributed by atoms with van der Waals surface area (Å²) in [5.41, 5.74) is 2.30. The average molecular weight is 316 g/mol. The van der Waals surface area contributed by atoms with Crippen molar-refractivity contribution in [3.63, 3.8) is 0 Å². The van der Waals surface area contributed by atoms with E-state index in [2.05, 4.69) is 24.4 Å². The van der Waals surface area contributed by atoms with E-state index in [1.807, 2.05) is 24.9 Å². The molecule has 3 rings (SSSR count). The fraction of sp³-hybridized carbons (Fsp3) is 0.632. The number of nitrogens with zero attached hydrogens (tertiary/aromatic N) is 1. The molecule has 2 aliphatic rings. The number of carbonyl (C=O) groups is 1. The van der Waals surface area contributed by atoms with Crippen molar-refractivity contribution in [1.82, 2.24) is 10.2 Å². The Hall–Kier alpha value is -1.55. The third-order valence-corrected chi connectivity index (χ3v) is 5.31. The van der Waals surface area contributed by atoms with Crippen LogP contribution < -0.4 is 10.1 Å². The van der Waals surface area contributed by atoms with Gasteiger partial charge in [0, 0.05) is 25.2 Å². The van der Waals surface area contributed by atoms with E-state index in [0.29, 0.717) is 31.2 Å². The van der Waals surface area contributed by atoms with Gasteiger partial charge in [-0.25, -0.2) is 0 Å². The summed E-state index contributed by atoms with van der Waals surface area (Å²) in [7, 11) is 1.95. The lowest BCUT2D eigenvalue weighted by atomic mass is 9.98. The van der Waals surface area contributed by atoms with Gasteiger partial charge in [-0.2, -0.15) is 0 Å². The molecule has 0 radical (unpaired) electrons. The molecule has 2 bridgehead atoms. The number of hydrogen-bond donors (Lipinski definition) is 1. The van der Waals surface area contributed by atoms with Crippen molar-refractivity contribution < 1.29 is 9.53 Å². The standard InChI is InChI=1S/C19H28N2O2/c1-13-4-5-14(2)18(10-13)23-9-8-19(22)21(3)17-11-15-6-7-16(12-17)20-15/h4-5,10,15-17,20H,6-9,11-12H2,1-3H3. The van der Waals surface area contributed by atoms with Crippen LogP contribution in [0, 0.1) is 13.8 Å². The molecule has 4 nitrogen and oxygen atoms in total. The maximum Gasteiger partial charge on any atom is 0.225 e. The number of aryl methyl sites for hydroxylation is 2. The molecule has 1 aromatic carbocycles. The maximum atomic E-state index is 12.4. The van der Waals surface area contributed by atoms with Crippen LogP contribution in [0.3, 0.4) is 0 Å². The lowest BCUT2D eigenvalue weighted by Crippen LogP contribution is -2.48. The van der Waals surface area contributed by atoms with Gasteiger partial charge in [0.2, 0.25) is 5.91 Å². The highest BCUT2D eigenvalue weighted by molar-refractivity contribution is 5.76. The van der Waals surface area contributed by atoms with Crippen LogP contribution in [0.4, 0.5) is 0 Å². The molecule has 2 aliphatic heterocycles. The van der Waals surface area contributed by atoms with Gasteiger partial charge in [0.05, 0.1) is 13.0 Å². The smallest absolute Gasteiger partial charge is 0.225 e. The number of nitrogens with one attached hydrogen (secondary N) is 1. The number of rotatable bonds is 5. The monoisotopic (exact) mass is 316 g/mol. The van der Waals surface area contributed by atoms with Gasteiger partial charge < -0.3 is 15.0 Å². The quantitative estimate of drug-likeness (QED) is 0.908. The summed E-state index contributed by atoms with van der Waals surface area (Å²) in [5.74, 6) is 1.09. The molecule has 0 aromatic heterocycles. The van der Waals surface area contributed by atoms with Crippen LogP contribution in [0.25, 0.3) is 0 Å². The zero-order chi connectivity index (χ0) is 16.4. The van der Waals surface area contributed by atoms with Crippen LogP contribution >= 0.6 is 0 Å². The molecule has 2 atom stereocenters. The Morgan fingerprint density at radius 1 is 1.26 bits per heavy atom. The summed E-state index contributed by atoms with van der Waals surface area (Å²) in [4.78, 5) is 14.4. The van der Waals surface area contributed by atoms with Crippen molar-refractivity contribution in [2.75, 3.05) is 13.7 Å². The number of ether oxygens (including phenoxy) is 1. The molecular formula is C19H28N2O2. The fourth-order valence-corrected chi connectivity index (χ4v) is 3.83. The number of benzene rings is 1. The number of hydrogen-bond acceptors (Lipinski definition) is 3. The zero-order valence-corrected chi connectivity index (χ0v) is 14.5. The molecular weight excluding hydrogens is 288 g/mol. The first-order valence-corrected chi connectivity index (χ1v) is 8.74. The Balaban J connectivity index is 1.48. The van der Waals surface area contributed by atoms with Crippen molar-refractivity contribution in [2.24, 2.45) is 0 Å². The summed E-state index contributed by atoms with van der Waals surface area (Å²) in [6, 6.07) is 7.78. The molecule has 0 spiro atoms. The lowest BCUT2D eigenvalue weighted by Gasteiger charge is -2.35. The van der Waals surface area contributed by atoms with Crippen molar-refractivity contribution in [2.45, 2.75) is 64.1 Å². The molecule has 126 valence electrons. The van der Waals surface area contributed by atoms with E-state index in [0.717, 1.165) is 24.2 Å². The summed E-state index contributed by atoms with van der Waals surface area (Å²) >= 11 is 0. The average Bonchev–Trinajstić information content (AvgIpc) is 2.88. The predicted octanol–water partition coefficient (Wildman–Crippen LogP) is 2.81. The second kappa shape index (κ2) is 6.91. The molecule has 2 heterocycles. The van der Waals surface area contributed by atoms with Crippen LogP contribution in [-0.2, 0) is 4.79 Å². The number of piperidine rings is 1. The Labute approximate surface area is 139 Å². The van der Waals surface area contributed by atoms with Gasteiger partial charge in [-0.15, -0.1) is 0 Å². The second-order valence-electron chi connectivity index (χ2n) is 7.14. The summed E-state index contributed by atoms with van der Waals surface area (Å²) in [6.45, 7) is 4.54. The van der Waals surface area contributed by atoms with Gasteiger partial charge in [-0.05, 0) is 56.7 Å². The van der Waals surface area contributed by atoms with Gasteiger partial charge in [-0.3, -0.25) is 4.79 Å². The van der Waals surface area contributed by atoms with Gasteiger partial charge in [0.25, 0.3) is 0 Å². The Morgan fingerprint density at radius 2 is 1.96 bits per heavy atom. The van der Waals surface area contributed by atoms with Crippen LogP contribution in [0.5, 0.6) is 5.75 Å². The fourth-order valence-electron chi connectivity index (χ4n) is 3.83. The summed E-state index contributed by atoms with van der Waals surface area (Å²) in [6.07, 6.45) is 5.16. The van der Waals surface area contributed by atoms with Crippen molar-refractivity contribution in [3.8, 4) is 5.75 Å². The van der Waals surface area contributed by atoms with Crippen LogP contribution in [0.15, 0.2) is 18.2 Å². The summed E-state index contributed by atoms with van der Waals surface area (Å²) < 4.78 is 5.82. The van der Waals surface area contributed by atoms with E-state index in [1.54, 1.807) is 0 Å². The molecule has 1 aromatic rings. The minimum absolute atomic E-state index is 0.196. The van der Waals surface area contributed by atoms with Crippen molar-refractivity contribution in [1.29, 1.82) is 0 Å². The number of fused-ring (bicyclic) bond motifs is 2. The molecule has 2 unspecified atom stereocenters. The molecule has 1 N–H and O–H groups in total. The van der Waals surface area contributed by atoms with E-state index >= 15 is 0 Å². The Kier molecular flexibility index (Phi) is 4.90. The zero-order valence-electron chi connectivity index (χ0n) is 14.5. The first-order valence-electron chi connectivity index (χ1n) is 8.74. The molecule has 2 saturated heterocycles. The minimum Gasteiger partial charge on any atom is -0.493 e. The van der Waals surface area contributed by atoms with Gasteiger partial charge in [-0.1, -0.05) is 12.1 Å². The van der Waals surface area contributed by atoms with E-state index in [4.69, 9.17) is 4.74 Å². The van der Waals surface area contributed by atoms with Crippen molar-refractivity contribution >= 4 is 5.91 Å². The van der Waals surface area contributed by atoms with E-state index < -0.39 is 0 Å². The van der Waals surface area contributed by atoms with E-state index in [9.17, 15) is 4.79 Å². The van der Waals surface area contributed by atoms with Gasteiger partial charge in [0.1, 0.15) is 5.75 Å². The van der Waals surface area contributed by atoms with Crippen LogP contribution in [0.2, 0.25) is 0 Å². The highest BCUT2D eigenvalue weighted by Gasteiger charge is 2.36. The molecule has 1 amide bonds. The predicted molar refractivity (Wildman–Crippen MR) is 91.8 cm³/mol. The third-order valence-electron chi connectivity index (χ3n) is 5.31. The molecule has 0 saturated carbocycles. The van der Waals surface area contributed by atoms with Crippen molar-refractivity contribution in [3.05, 3.63) is 29.3 Å². The topological polar surface area (TPSA) is 41.6 Å². The minimum atomic E-state index is 0.196. The first-order chi connectivity index (χ1) is 11.0. The molecule has 4 heteroatoms. The second-order valence-corrected chi connectivity index (χ2v) is 7.14. The largest absolute Gasteiger partial charge is 0.493 e. The number of carbonyl (C=O) groups excluding carboxylic acids is 1. The third kappa shape index (κ3) is 3.86. The van der Waals surface area contributed by atoms with E-state index in [-0.39, 0.29) is 5.91 Å². The SMILES string of the molecule is Cc1ccc(C)c(OCCC(=O)N(C)C2CC3CCC(C2)N3)c1. The first kappa shape index (κ1) is 16.3. The van der Waals surface area contributed by atoms with Crippen LogP contribution in [0.1, 0.15) is 43.2 Å². The number of amides is 1. The van der Waals surface area contributed by atoms with Crippen LogP contribution in [-0.4, -0.2) is 42.6 Å². The Morgan fingerprint density at radius 3 is 2.65 bits per heavy atom. The molecule has 0 aliphatic carbocycles. The molecule has 2 fully saturated rings. The normalized spacial score (nSPS) is 26.1. The highest BCUT2D eigenvalue weighted by atomic mass is 16.5.